The van der Waals surface area contributed by atoms with Crippen LogP contribution >= 0.6 is 0 Å². The van der Waals surface area contributed by atoms with Gasteiger partial charge in [-0.1, -0.05) is 12.1 Å². The van der Waals surface area contributed by atoms with Gasteiger partial charge in [-0.05, 0) is 45.4 Å². The zero-order valence-corrected chi connectivity index (χ0v) is 16.6. The first kappa shape index (κ1) is 21.2. The lowest BCUT2D eigenvalue weighted by atomic mass is 10.1. The van der Waals surface area contributed by atoms with Crippen LogP contribution < -0.4 is 4.74 Å². The van der Waals surface area contributed by atoms with Crippen LogP contribution in [0.15, 0.2) is 24.3 Å². The Morgan fingerprint density at radius 2 is 1.71 bits per heavy atom. The number of hydrogen-bond donors (Lipinski definition) is 1. The van der Waals surface area contributed by atoms with Gasteiger partial charge in [0.05, 0.1) is 30.8 Å². The molecule has 7 nitrogen and oxygen atoms in total. The first-order valence-corrected chi connectivity index (χ1v) is 9.08. The maximum Gasteiger partial charge on any atom is 0.340 e. The van der Waals surface area contributed by atoms with Crippen molar-refractivity contribution in [1.29, 1.82) is 0 Å². The first-order chi connectivity index (χ1) is 13.3. The highest BCUT2D eigenvalue weighted by molar-refractivity contribution is 6.09. The number of ether oxygens (including phenoxy) is 3. The third-order valence-corrected chi connectivity index (χ3v) is 4.06. The van der Waals surface area contributed by atoms with Crippen molar-refractivity contribution < 1.29 is 28.6 Å². The van der Waals surface area contributed by atoms with Crippen LogP contribution in [0.4, 0.5) is 0 Å². The topological polar surface area (TPSA) is 94.7 Å². The second-order valence-corrected chi connectivity index (χ2v) is 6.34. The number of esters is 2. The van der Waals surface area contributed by atoms with Crippen LogP contribution in [0.25, 0.3) is 0 Å². The predicted octanol–water partition coefficient (Wildman–Crippen LogP) is 3.31. The maximum absolute atomic E-state index is 12.5. The monoisotopic (exact) mass is 387 g/mol. The van der Waals surface area contributed by atoms with E-state index in [4.69, 9.17) is 14.2 Å². The van der Waals surface area contributed by atoms with Gasteiger partial charge in [0.1, 0.15) is 5.75 Å². The van der Waals surface area contributed by atoms with E-state index in [1.54, 1.807) is 26.8 Å². The summed E-state index contributed by atoms with van der Waals surface area (Å²) in [7, 11) is 0. The molecule has 0 saturated heterocycles. The molecule has 0 amide bonds. The predicted molar refractivity (Wildman–Crippen MR) is 103 cm³/mol. The molecule has 1 aromatic carbocycles. The molecule has 0 radical (unpaired) electrons. The Morgan fingerprint density at radius 1 is 1.00 bits per heavy atom. The zero-order valence-electron chi connectivity index (χ0n) is 16.6. The van der Waals surface area contributed by atoms with Crippen molar-refractivity contribution in [3.05, 3.63) is 52.3 Å². The Kier molecular flexibility index (Phi) is 7.37. The van der Waals surface area contributed by atoms with Crippen molar-refractivity contribution in [3.63, 3.8) is 0 Å². The number of benzene rings is 1. The van der Waals surface area contributed by atoms with E-state index in [1.165, 1.54) is 0 Å². The van der Waals surface area contributed by atoms with E-state index in [1.807, 2.05) is 25.1 Å². The lowest BCUT2D eigenvalue weighted by Crippen LogP contribution is -2.19. The Hall–Kier alpha value is -3.09. The number of aryl methyl sites for hydroxylation is 3. The van der Waals surface area contributed by atoms with Gasteiger partial charge in [-0.3, -0.25) is 9.59 Å². The van der Waals surface area contributed by atoms with Crippen molar-refractivity contribution in [2.75, 3.05) is 19.8 Å². The lowest BCUT2D eigenvalue weighted by molar-refractivity contribution is -0.143. The number of rotatable bonds is 9. The van der Waals surface area contributed by atoms with Gasteiger partial charge in [0, 0.05) is 11.4 Å². The molecule has 2 rings (SSSR count). The Labute approximate surface area is 164 Å². The number of hydrogen-bond acceptors (Lipinski definition) is 6. The van der Waals surface area contributed by atoms with Gasteiger partial charge in [0.2, 0.25) is 5.78 Å². The highest BCUT2D eigenvalue weighted by Crippen LogP contribution is 2.20. The van der Waals surface area contributed by atoms with Gasteiger partial charge in [-0.25, -0.2) is 4.79 Å². The SMILES string of the molecule is CCOC(=O)c1c(C)[nH]c(C)c1C(=O)COC(=O)CCOc1cccc(C)c1. The molecule has 1 N–H and O–H groups in total. The fraction of sp³-hybridized carbons (Fsp3) is 0.381. The number of aromatic nitrogens is 1. The largest absolute Gasteiger partial charge is 0.493 e. The molecular weight excluding hydrogens is 362 g/mol. The second kappa shape index (κ2) is 9.73. The van der Waals surface area contributed by atoms with E-state index >= 15 is 0 Å². The summed E-state index contributed by atoms with van der Waals surface area (Å²) in [6, 6.07) is 7.48. The molecule has 0 bridgehead atoms. The molecule has 0 atom stereocenters. The van der Waals surface area contributed by atoms with Crippen LogP contribution in [0.2, 0.25) is 0 Å². The molecule has 0 aliphatic carbocycles. The van der Waals surface area contributed by atoms with Crippen LogP contribution in [0, 0.1) is 20.8 Å². The summed E-state index contributed by atoms with van der Waals surface area (Å²) in [4.78, 5) is 39.5. The average molecular weight is 387 g/mol. The standard InChI is InChI=1S/C21H25NO6/c1-5-26-21(25)20-15(4)22-14(3)19(20)17(23)12-28-18(24)9-10-27-16-8-6-7-13(2)11-16/h6-8,11,22H,5,9-10,12H2,1-4H3. The summed E-state index contributed by atoms with van der Waals surface area (Å²) in [5.41, 5.74) is 2.50. The average Bonchev–Trinajstić information content (AvgIpc) is 2.94. The highest BCUT2D eigenvalue weighted by atomic mass is 16.5. The van der Waals surface area contributed by atoms with Crippen molar-refractivity contribution >= 4 is 17.7 Å². The van der Waals surface area contributed by atoms with Crippen molar-refractivity contribution in [2.24, 2.45) is 0 Å². The molecule has 1 heterocycles. The van der Waals surface area contributed by atoms with Crippen LogP contribution in [0.1, 0.15) is 51.0 Å². The van der Waals surface area contributed by atoms with Gasteiger partial charge in [0.15, 0.2) is 6.61 Å². The van der Waals surface area contributed by atoms with Crippen molar-refractivity contribution in [1.82, 2.24) is 4.98 Å². The smallest absolute Gasteiger partial charge is 0.340 e. The number of Topliss-reactive ketones (excluding diaryl/α,β-unsaturated/α-hetero) is 1. The summed E-state index contributed by atoms with van der Waals surface area (Å²) in [5.74, 6) is -0.923. The normalized spacial score (nSPS) is 10.4. The molecule has 7 heteroatoms. The minimum Gasteiger partial charge on any atom is -0.493 e. The molecular formula is C21H25NO6. The van der Waals surface area contributed by atoms with Crippen LogP contribution in [0.3, 0.4) is 0 Å². The fourth-order valence-electron chi connectivity index (χ4n) is 2.84. The molecule has 2 aromatic rings. The first-order valence-electron chi connectivity index (χ1n) is 9.08. The third-order valence-electron chi connectivity index (χ3n) is 4.06. The minimum atomic E-state index is -0.578. The number of nitrogens with one attached hydrogen (secondary N) is 1. The van der Waals surface area contributed by atoms with E-state index in [0.717, 1.165) is 5.56 Å². The van der Waals surface area contributed by atoms with Gasteiger partial charge in [-0.15, -0.1) is 0 Å². The van der Waals surface area contributed by atoms with Crippen LogP contribution in [-0.4, -0.2) is 42.5 Å². The van der Waals surface area contributed by atoms with Gasteiger partial charge >= 0.3 is 11.9 Å². The molecule has 0 unspecified atom stereocenters. The van der Waals surface area contributed by atoms with Crippen LogP contribution in [-0.2, 0) is 14.3 Å². The molecule has 1 aromatic heterocycles. The Balaban J connectivity index is 1.89. The van der Waals surface area contributed by atoms with E-state index in [0.29, 0.717) is 17.1 Å². The van der Waals surface area contributed by atoms with Gasteiger partial charge in [0.25, 0.3) is 0 Å². The number of carbonyl (C=O) groups excluding carboxylic acids is 3. The lowest BCUT2D eigenvalue weighted by Gasteiger charge is -2.08. The molecule has 0 aliphatic heterocycles. The molecule has 150 valence electrons. The highest BCUT2D eigenvalue weighted by Gasteiger charge is 2.25. The van der Waals surface area contributed by atoms with E-state index < -0.39 is 24.3 Å². The summed E-state index contributed by atoms with van der Waals surface area (Å²) in [5, 5.41) is 0. The summed E-state index contributed by atoms with van der Waals surface area (Å²) in [6.45, 7) is 6.90. The number of carbonyl (C=O) groups is 3. The molecule has 28 heavy (non-hydrogen) atoms. The zero-order chi connectivity index (χ0) is 20.7. The number of H-pyrrole nitrogens is 1. The fourth-order valence-corrected chi connectivity index (χ4v) is 2.84. The quantitative estimate of drug-likeness (QED) is 0.524. The molecule has 0 fully saturated rings. The number of ketones is 1. The van der Waals surface area contributed by atoms with Crippen molar-refractivity contribution in [3.8, 4) is 5.75 Å². The summed E-state index contributed by atoms with van der Waals surface area (Å²) < 4.78 is 15.5. The number of aromatic amines is 1. The van der Waals surface area contributed by atoms with E-state index in [9.17, 15) is 14.4 Å². The summed E-state index contributed by atoms with van der Waals surface area (Å²) in [6.07, 6.45) is 0.0110. The van der Waals surface area contributed by atoms with Crippen molar-refractivity contribution in [2.45, 2.75) is 34.1 Å². The third kappa shape index (κ3) is 5.45. The van der Waals surface area contributed by atoms with E-state index in [-0.39, 0.29) is 30.8 Å². The molecule has 0 saturated carbocycles. The van der Waals surface area contributed by atoms with Crippen LogP contribution in [0.5, 0.6) is 5.75 Å². The molecule has 0 aliphatic rings. The van der Waals surface area contributed by atoms with E-state index in [2.05, 4.69) is 4.98 Å². The Bertz CT molecular complexity index is 868. The minimum absolute atomic E-state index is 0.0110. The van der Waals surface area contributed by atoms with Gasteiger partial charge in [-0.2, -0.15) is 0 Å². The van der Waals surface area contributed by atoms with Gasteiger partial charge < -0.3 is 19.2 Å². The Morgan fingerprint density at radius 3 is 2.39 bits per heavy atom. The maximum atomic E-state index is 12.5. The second-order valence-electron chi connectivity index (χ2n) is 6.34. The molecule has 0 spiro atoms. The summed E-state index contributed by atoms with van der Waals surface area (Å²) >= 11 is 0.